The zero-order chi connectivity index (χ0) is 21.5. The van der Waals surface area contributed by atoms with Gasteiger partial charge < -0.3 is 15.1 Å². The second-order valence-corrected chi connectivity index (χ2v) is 7.46. The van der Waals surface area contributed by atoms with E-state index in [1.807, 2.05) is 60.7 Å². The maximum atomic E-state index is 14.1. The fraction of sp³-hybridized carbons (Fsp3) is 0.200. The SMILES string of the molecule is O=C(NCc1ccccc1)N(Cc1ccccc1)C[C@H]1CC(c2ccccc2F)=NO1. The normalized spacial score (nSPS) is 15.1. The van der Waals surface area contributed by atoms with Crippen molar-refractivity contribution in [3.05, 3.63) is 107 Å². The lowest BCUT2D eigenvalue weighted by atomic mass is 10.0. The van der Waals surface area contributed by atoms with Crippen molar-refractivity contribution in [2.24, 2.45) is 5.16 Å². The molecular weight excluding hydrogens is 393 g/mol. The third-order valence-electron chi connectivity index (χ3n) is 5.13. The minimum atomic E-state index is -0.333. The van der Waals surface area contributed by atoms with Crippen LogP contribution >= 0.6 is 0 Å². The van der Waals surface area contributed by atoms with Gasteiger partial charge in [-0.2, -0.15) is 0 Å². The van der Waals surface area contributed by atoms with Crippen molar-refractivity contribution in [1.82, 2.24) is 10.2 Å². The lowest BCUT2D eigenvalue weighted by Crippen LogP contribution is -2.43. The number of hydrogen-bond acceptors (Lipinski definition) is 3. The quantitative estimate of drug-likeness (QED) is 0.604. The Balaban J connectivity index is 1.42. The maximum absolute atomic E-state index is 14.1. The van der Waals surface area contributed by atoms with Gasteiger partial charge in [0.2, 0.25) is 0 Å². The summed E-state index contributed by atoms with van der Waals surface area (Å²) in [6, 6.07) is 25.9. The van der Waals surface area contributed by atoms with Crippen LogP contribution in [-0.4, -0.2) is 29.3 Å². The van der Waals surface area contributed by atoms with Crippen molar-refractivity contribution in [2.45, 2.75) is 25.6 Å². The number of hydrogen-bond donors (Lipinski definition) is 1. The molecule has 5 nitrogen and oxygen atoms in total. The van der Waals surface area contributed by atoms with Gasteiger partial charge in [0.1, 0.15) is 5.82 Å². The molecule has 0 spiro atoms. The Morgan fingerprint density at radius 2 is 1.61 bits per heavy atom. The molecule has 0 bridgehead atoms. The molecule has 0 fully saturated rings. The molecule has 6 heteroatoms. The highest BCUT2D eigenvalue weighted by molar-refractivity contribution is 6.01. The molecule has 0 aliphatic carbocycles. The molecule has 1 N–H and O–H groups in total. The molecule has 0 radical (unpaired) electrons. The molecule has 2 amide bonds. The summed E-state index contributed by atoms with van der Waals surface area (Å²) >= 11 is 0. The van der Waals surface area contributed by atoms with Gasteiger partial charge in [0.05, 0.1) is 12.3 Å². The Morgan fingerprint density at radius 1 is 0.968 bits per heavy atom. The number of nitrogens with zero attached hydrogens (tertiary/aromatic N) is 2. The molecule has 31 heavy (non-hydrogen) atoms. The Bertz CT molecular complexity index is 1040. The summed E-state index contributed by atoms with van der Waals surface area (Å²) in [4.78, 5) is 20.2. The number of carbonyl (C=O) groups excluding carboxylic acids is 1. The van der Waals surface area contributed by atoms with Crippen LogP contribution < -0.4 is 5.32 Å². The number of oxime groups is 1. The molecule has 3 aromatic rings. The van der Waals surface area contributed by atoms with Gasteiger partial charge in [0.15, 0.2) is 6.10 Å². The second-order valence-electron chi connectivity index (χ2n) is 7.46. The fourth-order valence-corrected chi connectivity index (χ4v) is 3.53. The van der Waals surface area contributed by atoms with Crippen LogP contribution in [0.4, 0.5) is 9.18 Å². The summed E-state index contributed by atoms with van der Waals surface area (Å²) in [6.07, 6.45) is 0.110. The van der Waals surface area contributed by atoms with Gasteiger partial charge >= 0.3 is 6.03 Å². The summed E-state index contributed by atoms with van der Waals surface area (Å²) in [7, 11) is 0. The van der Waals surface area contributed by atoms with Crippen molar-refractivity contribution >= 4 is 11.7 Å². The van der Waals surface area contributed by atoms with Crippen LogP contribution in [0.25, 0.3) is 0 Å². The molecule has 4 rings (SSSR count). The third-order valence-corrected chi connectivity index (χ3v) is 5.13. The summed E-state index contributed by atoms with van der Waals surface area (Å²) in [6.45, 7) is 1.22. The first kappa shape index (κ1) is 20.6. The number of benzene rings is 3. The van der Waals surface area contributed by atoms with Gasteiger partial charge in [0, 0.05) is 25.1 Å². The molecule has 0 unspecified atom stereocenters. The first-order valence-corrected chi connectivity index (χ1v) is 10.3. The highest BCUT2D eigenvalue weighted by atomic mass is 19.1. The standard InChI is InChI=1S/C25H24FN3O2/c26-23-14-8-7-13-22(23)24-15-21(31-28-24)18-29(17-20-11-5-2-6-12-20)25(30)27-16-19-9-3-1-4-10-19/h1-14,21H,15-18H2,(H,27,30)/t21-/m1/s1. The lowest BCUT2D eigenvalue weighted by Gasteiger charge is -2.25. The molecule has 1 aliphatic rings. The van der Waals surface area contributed by atoms with E-state index in [1.165, 1.54) is 6.07 Å². The van der Waals surface area contributed by atoms with Crippen LogP contribution in [0.2, 0.25) is 0 Å². The van der Waals surface area contributed by atoms with Crippen LogP contribution in [0.3, 0.4) is 0 Å². The molecule has 158 valence electrons. The van der Waals surface area contributed by atoms with Crippen molar-refractivity contribution < 1.29 is 14.0 Å². The van der Waals surface area contributed by atoms with Gasteiger partial charge in [-0.15, -0.1) is 0 Å². The van der Waals surface area contributed by atoms with Crippen LogP contribution in [-0.2, 0) is 17.9 Å². The Labute approximate surface area is 181 Å². The third kappa shape index (κ3) is 5.48. The Hall–Kier alpha value is -3.67. The van der Waals surface area contributed by atoms with Gasteiger partial charge in [-0.1, -0.05) is 84.0 Å². The number of carbonyl (C=O) groups is 1. The van der Waals surface area contributed by atoms with Gasteiger partial charge in [-0.05, 0) is 17.2 Å². The van der Waals surface area contributed by atoms with Crippen molar-refractivity contribution in [2.75, 3.05) is 6.54 Å². The van der Waals surface area contributed by atoms with Gasteiger partial charge in [0.25, 0.3) is 0 Å². The smallest absolute Gasteiger partial charge is 0.318 e. The molecule has 0 saturated heterocycles. The predicted molar refractivity (Wildman–Crippen MR) is 118 cm³/mol. The number of nitrogens with one attached hydrogen (secondary N) is 1. The predicted octanol–water partition coefficient (Wildman–Crippen LogP) is 4.73. The molecule has 1 heterocycles. The Morgan fingerprint density at radius 3 is 2.32 bits per heavy atom. The van der Waals surface area contributed by atoms with E-state index in [0.29, 0.717) is 37.3 Å². The zero-order valence-electron chi connectivity index (χ0n) is 17.1. The molecule has 0 saturated carbocycles. The average molecular weight is 417 g/mol. The number of halogens is 1. The van der Waals surface area contributed by atoms with E-state index in [-0.39, 0.29) is 18.0 Å². The summed E-state index contributed by atoms with van der Waals surface area (Å²) in [5, 5.41) is 7.06. The molecular formula is C25H24FN3O2. The van der Waals surface area contributed by atoms with E-state index < -0.39 is 0 Å². The minimum absolute atomic E-state index is 0.185. The Kier molecular flexibility index (Phi) is 6.57. The van der Waals surface area contributed by atoms with E-state index in [1.54, 1.807) is 23.1 Å². The van der Waals surface area contributed by atoms with Crippen molar-refractivity contribution in [3.8, 4) is 0 Å². The van der Waals surface area contributed by atoms with Crippen LogP contribution in [0, 0.1) is 5.82 Å². The monoisotopic (exact) mass is 417 g/mol. The average Bonchev–Trinajstić information content (AvgIpc) is 3.27. The first-order valence-electron chi connectivity index (χ1n) is 10.3. The fourth-order valence-electron chi connectivity index (χ4n) is 3.53. The molecule has 3 aromatic carbocycles. The number of rotatable bonds is 7. The van der Waals surface area contributed by atoms with Crippen molar-refractivity contribution in [3.63, 3.8) is 0 Å². The topological polar surface area (TPSA) is 53.9 Å². The first-order chi connectivity index (χ1) is 15.2. The highest BCUT2D eigenvalue weighted by Gasteiger charge is 2.28. The summed E-state index contributed by atoms with van der Waals surface area (Å²) in [5.41, 5.74) is 3.05. The minimum Gasteiger partial charge on any atom is -0.390 e. The molecule has 1 aliphatic heterocycles. The van der Waals surface area contributed by atoms with Crippen molar-refractivity contribution in [1.29, 1.82) is 0 Å². The number of amides is 2. The summed E-state index contributed by atoms with van der Waals surface area (Å²) in [5.74, 6) is -0.327. The van der Waals surface area contributed by atoms with E-state index in [4.69, 9.17) is 4.84 Å². The highest BCUT2D eigenvalue weighted by Crippen LogP contribution is 2.20. The van der Waals surface area contributed by atoms with E-state index >= 15 is 0 Å². The van der Waals surface area contributed by atoms with E-state index in [0.717, 1.165) is 11.1 Å². The van der Waals surface area contributed by atoms with E-state index in [2.05, 4.69) is 10.5 Å². The largest absolute Gasteiger partial charge is 0.390 e. The van der Waals surface area contributed by atoms with E-state index in [9.17, 15) is 9.18 Å². The summed E-state index contributed by atoms with van der Waals surface area (Å²) < 4.78 is 14.1. The molecule has 1 atom stereocenters. The van der Waals surface area contributed by atoms with Crippen LogP contribution in [0.5, 0.6) is 0 Å². The van der Waals surface area contributed by atoms with Gasteiger partial charge in [-0.25, -0.2) is 9.18 Å². The molecule has 0 aromatic heterocycles. The second kappa shape index (κ2) is 9.89. The van der Waals surface area contributed by atoms with Crippen LogP contribution in [0.15, 0.2) is 90.1 Å². The lowest BCUT2D eigenvalue weighted by molar-refractivity contribution is 0.0589. The number of urea groups is 1. The van der Waals surface area contributed by atoms with Gasteiger partial charge in [-0.3, -0.25) is 0 Å². The van der Waals surface area contributed by atoms with Crippen LogP contribution in [0.1, 0.15) is 23.1 Å². The maximum Gasteiger partial charge on any atom is 0.318 e. The zero-order valence-corrected chi connectivity index (χ0v) is 17.1.